The molecule has 0 fully saturated rings. The van der Waals surface area contributed by atoms with Crippen molar-refractivity contribution in [2.75, 3.05) is 20.6 Å². The molecule has 114 valence electrons. The Morgan fingerprint density at radius 1 is 1.10 bits per heavy atom. The third kappa shape index (κ3) is 5.64. The maximum atomic E-state index is 3.75. The summed E-state index contributed by atoms with van der Waals surface area (Å²) in [6.07, 6.45) is 2.37. The lowest BCUT2D eigenvalue weighted by Gasteiger charge is -2.28. The van der Waals surface area contributed by atoms with E-state index < -0.39 is 0 Å². The third-order valence-electron chi connectivity index (χ3n) is 3.96. The highest BCUT2D eigenvalue weighted by atomic mass is 15.1. The maximum Gasteiger partial charge on any atom is 0.0318 e. The number of likely N-dealkylation sites (N-methyl/N-ethyl adjacent to an activating group) is 1. The topological polar surface area (TPSA) is 15.3 Å². The predicted octanol–water partition coefficient (Wildman–Crippen LogP) is 4.01. The molecule has 0 aliphatic heterocycles. The second-order valence-corrected chi connectivity index (χ2v) is 6.53. The van der Waals surface area contributed by atoms with Gasteiger partial charge in [0, 0.05) is 18.6 Å². The van der Waals surface area contributed by atoms with Crippen molar-refractivity contribution >= 4 is 0 Å². The molecule has 0 aliphatic carbocycles. The Morgan fingerprint density at radius 2 is 1.70 bits per heavy atom. The molecule has 2 heteroatoms. The molecular weight excluding hydrogens is 244 g/mol. The fraction of sp³-hybridized carbons (Fsp3) is 0.667. The van der Waals surface area contributed by atoms with Crippen LogP contribution in [0.1, 0.15) is 50.8 Å². The van der Waals surface area contributed by atoms with Gasteiger partial charge in [-0.2, -0.15) is 0 Å². The molecular formula is C18H32N2. The van der Waals surface area contributed by atoms with Crippen molar-refractivity contribution in [2.24, 2.45) is 5.92 Å². The third-order valence-corrected chi connectivity index (χ3v) is 3.96. The molecule has 2 unspecified atom stereocenters. The van der Waals surface area contributed by atoms with Gasteiger partial charge in [-0.05, 0) is 45.3 Å². The summed E-state index contributed by atoms with van der Waals surface area (Å²) < 4.78 is 0. The van der Waals surface area contributed by atoms with Gasteiger partial charge in [0.05, 0.1) is 0 Å². The van der Waals surface area contributed by atoms with Crippen LogP contribution in [0.25, 0.3) is 0 Å². The van der Waals surface area contributed by atoms with E-state index >= 15 is 0 Å². The van der Waals surface area contributed by atoms with Gasteiger partial charge in [-0.1, -0.05) is 50.6 Å². The minimum atomic E-state index is 0.463. The summed E-state index contributed by atoms with van der Waals surface area (Å²) in [5.74, 6) is 0.739. The van der Waals surface area contributed by atoms with Crippen molar-refractivity contribution in [1.82, 2.24) is 10.2 Å². The van der Waals surface area contributed by atoms with Crippen LogP contribution in [0.4, 0.5) is 0 Å². The summed E-state index contributed by atoms with van der Waals surface area (Å²) in [6.45, 7) is 10.0. The molecule has 0 saturated heterocycles. The van der Waals surface area contributed by atoms with E-state index in [0.717, 1.165) is 18.9 Å². The predicted molar refractivity (Wildman–Crippen MR) is 89.1 cm³/mol. The summed E-state index contributed by atoms with van der Waals surface area (Å²) in [5, 5.41) is 3.75. The van der Waals surface area contributed by atoms with Gasteiger partial charge in [0.15, 0.2) is 0 Å². The molecule has 2 nitrogen and oxygen atoms in total. The Morgan fingerprint density at radius 3 is 2.15 bits per heavy atom. The second kappa shape index (κ2) is 8.43. The minimum absolute atomic E-state index is 0.463. The first-order valence-electron chi connectivity index (χ1n) is 7.90. The van der Waals surface area contributed by atoms with Gasteiger partial charge in [-0.3, -0.25) is 0 Å². The van der Waals surface area contributed by atoms with Crippen molar-refractivity contribution in [3.05, 3.63) is 35.4 Å². The van der Waals surface area contributed by atoms with E-state index in [1.54, 1.807) is 0 Å². The van der Waals surface area contributed by atoms with Crippen LogP contribution in [0.2, 0.25) is 0 Å². The number of nitrogens with zero attached hydrogens (tertiary/aromatic N) is 1. The Hall–Kier alpha value is -0.860. The Balaban J connectivity index is 2.61. The van der Waals surface area contributed by atoms with Crippen LogP contribution in [0, 0.1) is 12.8 Å². The molecule has 0 amide bonds. The van der Waals surface area contributed by atoms with Crippen LogP contribution in [0.3, 0.4) is 0 Å². The zero-order valence-electron chi connectivity index (χ0n) is 14.1. The highest BCUT2D eigenvalue weighted by molar-refractivity contribution is 5.24. The maximum absolute atomic E-state index is 3.75. The average molecular weight is 276 g/mol. The van der Waals surface area contributed by atoms with Gasteiger partial charge in [-0.25, -0.2) is 0 Å². The molecule has 2 atom stereocenters. The van der Waals surface area contributed by atoms with Gasteiger partial charge < -0.3 is 10.2 Å². The van der Waals surface area contributed by atoms with Gasteiger partial charge in [-0.15, -0.1) is 0 Å². The van der Waals surface area contributed by atoms with E-state index in [9.17, 15) is 0 Å². The number of hydrogen-bond donors (Lipinski definition) is 1. The Bertz CT molecular complexity index is 368. The molecule has 0 aliphatic rings. The highest BCUT2D eigenvalue weighted by Crippen LogP contribution is 2.18. The van der Waals surface area contributed by atoms with Gasteiger partial charge in [0.25, 0.3) is 0 Å². The lowest BCUT2D eigenvalue weighted by atomic mass is 10.00. The molecule has 1 aromatic rings. The van der Waals surface area contributed by atoms with Crippen molar-refractivity contribution in [3.63, 3.8) is 0 Å². The fourth-order valence-electron chi connectivity index (χ4n) is 2.60. The molecule has 1 aromatic carbocycles. The second-order valence-electron chi connectivity index (χ2n) is 6.53. The van der Waals surface area contributed by atoms with E-state index in [1.165, 1.54) is 17.5 Å². The number of rotatable bonds is 8. The molecule has 0 heterocycles. The Labute approximate surface area is 125 Å². The smallest absolute Gasteiger partial charge is 0.0318 e. The SMILES string of the molecule is CCC(NCC(CC(C)C)N(C)C)c1ccc(C)cc1. The van der Waals surface area contributed by atoms with E-state index in [2.05, 4.69) is 76.3 Å². The highest BCUT2D eigenvalue weighted by Gasteiger charge is 2.16. The number of hydrogen-bond acceptors (Lipinski definition) is 2. The lowest BCUT2D eigenvalue weighted by Crippen LogP contribution is -2.40. The van der Waals surface area contributed by atoms with E-state index in [-0.39, 0.29) is 0 Å². The number of benzene rings is 1. The largest absolute Gasteiger partial charge is 0.308 e. The molecule has 1 rings (SSSR count). The fourth-order valence-corrected chi connectivity index (χ4v) is 2.60. The molecule has 0 radical (unpaired) electrons. The minimum Gasteiger partial charge on any atom is -0.308 e. The van der Waals surface area contributed by atoms with Crippen LogP contribution in [0.5, 0.6) is 0 Å². The molecule has 0 saturated carbocycles. The van der Waals surface area contributed by atoms with Crippen molar-refractivity contribution < 1.29 is 0 Å². The van der Waals surface area contributed by atoms with Crippen LogP contribution in [-0.2, 0) is 0 Å². The van der Waals surface area contributed by atoms with Gasteiger partial charge in [0.2, 0.25) is 0 Å². The molecule has 0 bridgehead atoms. The molecule has 0 spiro atoms. The van der Waals surface area contributed by atoms with Crippen molar-refractivity contribution in [1.29, 1.82) is 0 Å². The van der Waals surface area contributed by atoms with Crippen LogP contribution < -0.4 is 5.32 Å². The lowest BCUT2D eigenvalue weighted by molar-refractivity contribution is 0.239. The van der Waals surface area contributed by atoms with E-state index in [0.29, 0.717) is 12.1 Å². The molecule has 1 N–H and O–H groups in total. The van der Waals surface area contributed by atoms with E-state index in [1.807, 2.05) is 0 Å². The molecule has 20 heavy (non-hydrogen) atoms. The standard InChI is InChI=1S/C18H32N2/c1-7-18(16-10-8-15(4)9-11-16)19-13-17(20(5)6)12-14(2)3/h8-11,14,17-19H,7,12-13H2,1-6H3. The Kier molecular flexibility index (Phi) is 7.25. The number of nitrogens with one attached hydrogen (secondary N) is 1. The summed E-state index contributed by atoms with van der Waals surface area (Å²) in [5.41, 5.74) is 2.73. The average Bonchev–Trinajstić information content (AvgIpc) is 2.39. The van der Waals surface area contributed by atoms with Crippen molar-refractivity contribution in [3.8, 4) is 0 Å². The van der Waals surface area contributed by atoms with Crippen molar-refractivity contribution in [2.45, 2.75) is 52.6 Å². The zero-order valence-corrected chi connectivity index (χ0v) is 14.1. The van der Waals surface area contributed by atoms with Crippen LogP contribution in [-0.4, -0.2) is 31.6 Å². The first kappa shape index (κ1) is 17.2. The quantitative estimate of drug-likeness (QED) is 0.771. The first-order valence-corrected chi connectivity index (χ1v) is 7.90. The van der Waals surface area contributed by atoms with Crippen LogP contribution >= 0.6 is 0 Å². The van der Waals surface area contributed by atoms with Crippen LogP contribution in [0.15, 0.2) is 24.3 Å². The van der Waals surface area contributed by atoms with Gasteiger partial charge >= 0.3 is 0 Å². The summed E-state index contributed by atoms with van der Waals surface area (Å²) >= 11 is 0. The summed E-state index contributed by atoms with van der Waals surface area (Å²) in [7, 11) is 4.36. The number of aryl methyl sites for hydroxylation is 1. The molecule has 0 aromatic heterocycles. The zero-order chi connectivity index (χ0) is 15.1. The summed E-state index contributed by atoms with van der Waals surface area (Å²) in [6, 6.07) is 9.99. The first-order chi connectivity index (χ1) is 9.43. The van der Waals surface area contributed by atoms with Gasteiger partial charge in [0.1, 0.15) is 0 Å². The summed E-state index contributed by atoms with van der Waals surface area (Å²) in [4.78, 5) is 2.34. The van der Waals surface area contributed by atoms with E-state index in [4.69, 9.17) is 0 Å². The monoisotopic (exact) mass is 276 g/mol. The normalized spacial score (nSPS) is 14.8.